The van der Waals surface area contributed by atoms with Crippen molar-refractivity contribution in [1.82, 2.24) is 10.2 Å². The van der Waals surface area contributed by atoms with E-state index >= 15 is 0 Å². The van der Waals surface area contributed by atoms with Crippen molar-refractivity contribution in [2.45, 2.75) is 38.0 Å². The van der Waals surface area contributed by atoms with Gasteiger partial charge in [-0.2, -0.15) is 0 Å². The predicted octanol–water partition coefficient (Wildman–Crippen LogP) is 4.52. The molecule has 0 aliphatic rings. The van der Waals surface area contributed by atoms with E-state index < -0.39 is 0 Å². The number of aromatic nitrogens is 2. The van der Waals surface area contributed by atoms with Gasteiger partial charge in [0.05, 0.1) is 12.8 Å². The van der Waals surface area contributed by atoms with Gasteiger partial charge in [0.15, 0.2) is 0 Å². The van der Waals surface area contributed by atoms with Gasteiger partial charge in [-0.15, -0.1) is 16.9 Å². The Morgan fingerprint density at radius 3 is 2.30 bits per heavy atom. The van der Waals surface area contributed by atoms with E-state index in [1.165, 1.54) is 10.5 Å². The van der Waals surface area contributed by atoms with Crippen molar-refractivity contribution >= 4 is 23.7 Å². The molecule has 27 heavy (non-hydrogen) atoms. The number of amides is 1. The number of anilines is 1. The van der Waals surface area contributed by atoms with Crippen LogP contribution in [0.2, 0.25) is 0 Å². The fraction of sp³-hybridized carbons (Fsp3) is 0.286. The molecule has 1 amide bonds. The van der Waals surface area contributed by atoms with E-state index in [9.17, 15) is 4.79 Å². The first-order chi connectivity index (χ1) is 13.2. The lowest BCUT2D eigenvalue weighted by atomic mass is 10.1. The molecule has 2 aromatic carbocycles. The van der Waals surface area contributed by atoms with Crippen LogP contribution < -0.4 is 5.32 Å². The summed E-state index contributed by atoms with van der Waals surface area (Å²) < 4.78 is 5.55. The molecule has 1 heterocycles. The number of hydrogen-bond acceptors (Lipinski definition) is 5. The summed E-state index contributed by atoms with van der Waals surface area (Å²) in [6.45, 7) is 4.24. The molecule has 3 aromatic rings. The summed E-state index contributed by atoms with van der Waals surface area (Å²) in [6.07, 6.45) is 1.83. The van der Waals surface area contributed by atoms with Gasteiger partial charge in [0.2, 0.25) is 11.8 Å². The van der Waals surface area contributed by atoms with Crippen molar-refractivity contribution in [2.75, 3.05) is 11.1 Å². The smallest absolute Gasteiger partial charge is 0.322 e. The van der Waals surface area contributed by atoms with Crippen molar-refractivity contribution < 1.29 is 9.21 Å². The highest BCUT2D eigenvalue weighted by atomic mass is 32.2. The second-order valence-corrected chi connectivity index (χ2v) is 7.49. The quantitative estimate of drug-likeness (QED) is 0.581. The van der Waals surface area contributed by atoms with Gasteiger partial charge in [-0.05, 0) is 41.0 Å². The van der Waals surface area contributed by atoms with E-state index in [2.05, 4.69) is 53.6 Å². The Bertz CT molecular complexity index is 873. The molecule has 0 saturated carbocycles. The third kappa shape index (κ3) is 5.69. The second kappa shape index (κ2) is 9.37. The van der Waals surface area contributed by atoms with Gasteiger partial charge in [-0.1, -0.05) is 55.3 Å². The van der Waals surface area contributed by atoms with Gasteiger partial charge in [-0.25, -0.2) is 0 Å². The first-order valence-corrected chi connectivity index (χ1v) is 10.1. The van der Waals surface area contributed by atoms with Crippen LogP contribution in [0.25, 0.3) is 0 Å². The normalized spacial score (nSPS) is 10.7. The molecule has 0 fully saturated rings. The number of nitrogens with one attached hydrogen (secondary N) is 1. The summed E-state index contributed by atoms with van der Waals surface area (Å²) >= 11 is 1.78. The SMILES string of the molecule is CCSc1ccc(CC(=O)Nc2nnc(Cc3ccc(CC)cc3)o2)cc1. The molecular formula is C21H23N3O2S. The lowest BCUT2D eigenvalue weighted by Crippen LogP contribution is -2.14. The minimum Gasteiger partial charge on any atom is -0.407 e. The van der Waals surface area contributed by atoms with Gasteiger partial charge >= 0.3 is 6.01 Å². The summed E-state index contributed by atoms with van der Waals surface area (Å²) in [7, 11) is 0. The maximum atomic E-state index is 12.2. The van der Waals surface area contributed by atoms with Gasteiger partial charge in [0.1, 0.15) is 0 Å². The number of benzene rings is 2. The Morgan fingerprint density at radius 2 is 1.63 bits per heavy atom. The minimum atomic E-state index is -0.173. The fourth-order valence-electron chi connectivity index (χ4n) is 2.66. The fourth-order valence-corrected chi connectivity index (χ4v) is 3.32. The number of nitrogens with zero attached hydrogens (tertiary/aromatic N) is 2. The van der Waals surface area contributed by atoms with Crippen LogP contribution in [0.4, 0.5) is 6.01 Å². The van der Waals surface area contributed by atoms with Crippen LogP contribution in [0, 0.1) is 0 Å². The molecule has 1 N–H and O–H groups in total. The Hall–Kier alpha value is -2.60. The van der Waals surface area contributed by atoms with Crippen LogP contribution in [-0.4, -0.2) is 21.9 Å². The largest absolute Gasteiger partial charge is 0.407 e. The van der Waals surface area contributed by atoms with Crippen LogP contribution >= 0.6 is 11.8 Å². The molecule has 0 spiro atoms. The maximum absolute atomic E-state index is 12.2. The molecule has 0 atom stereocenters. The Kier molecular flexibility index (Phi) is 6.65. The molecule has 0 bridgehead atoms. The summed E-state index contributed by atoms with van der Waals surface area (Å²) in [4.78, 5) is 13.4. The molecule has 0 radical (unpaired) electrons. The lowest BCUT2D eigenvalue weighted by molar-refractivity contribution is -0.115. The molecule has 6 heteroatoms. The first kappa shape index (κ1) is 19.2. The molecule has 0 saturated heterocycles. The second-order valence-electron chi connectivity index (χ2n) is 6.15. The molecule has 0 unspecified atom stereocenters. The van der Waals surface area contributed by atoms with Crippen LogP contribution in [0.3, 0.4) is 0 Å². The monoisotopic (exact) mass is 381 g/mol. The molecule has 1 aromatic heterocycles. The number of carbonyl (C=O) groups is 1. The topological polar surface area (TPSA) is 68.0 Å². The number of thioether (sulfide) groups is 1. The number of aryl methyl sites for hydroxylation is 1. The minimum absolute atomic E-state index is 0.137. The molecular weight excluding hydrogens is 358 g/mol. The Morgan fingerprint density at radius 1 is 0.963 bits per heavy atom. The number of hydrogen-bond donors (Lipinski definition) is 1. The van der Waals surface area contributed by atoms with E-state index in [4.69, 9.17) is 4.42 Å². The summed E-state index contributed by atoms with van der Waals surface area (Å²) in [6, 6.07) is 16.4. The van der Waals surface area contributed by atoms with Crippen molar-refractivity contribution in [3.8, 4) is 0 Å². The Balaban J connectivity index is 1.53. The number of carbonyl (C=O) groups excluding carboxylic acids is 1. The molecule has 0 aliphatic carbocycles. The molecule has 0 aliphatic heterocycles. The third-order valence-corrected chi connectivity index (χ3v) is 4.99. The van der Waals surface area contributed by atoms with Gasteiger partial charge in [0, 0.05) is 4.90 Å². The lowest BCUT2D eigenvalue weighted by Gasteiger charge is -2.03. The van der Waals surface area contributed by atoms with Crippen molar-refractivity contribution in [3.63, 3.8) is 0 Å². The maximum Gasteiger partial charge on any atom is 0.322 e. The van der Waals surface area contributed by atoms with Gasteiger partial charge < -0.3 is 4.42 Å². The summed E-state index contributed by atoms with van der Waals surface area (Å²) in [5.41, 5.74) is 3.33. The predicted molar refractivity (Wildman–Crippen MR) is 108 cm³/mol. The van der Waals surface area contributed by atoms with Crippen LogP contribution in [0.15, 0.2) is 57.8 Å². The highest BCUT2D eigenvalue weighted by Gasteiger charge is 2.11. The van der Waals surface area contributed by atoms with E-state index in [0.29, 0.717) is 12.3 Å². The zero-order valence-electron chi connectivity index (χ0n) is 15.6. The van der Waals surface area contributed by atoms with Gasteiger partial charge in [-0.3, -0.25) is 10.1 Å². The Labute approximate surface area is 163 Å². The standard InChI is InChI=1S/C21H23N3O2S/c1-3-15-5-7-17(8-6-15)14-20-23-24-21(26-20)22-19(25)13-16-9-11-18(12-10-16)27-4-2/h5-12H,3-4,13-14H2,1-2H3,(H,22,24,25). The van der Waals surface area contributed by atoms with E-state index in [1.54, 1.807) is 11.8 Å². The van der Waals surface area contributed by atoms with Crippen molar-refractivity contribution in [1.29, 1.82) is 0 Å². The van der Waals surface area contributed by atoms with Gasteiger partial charge in [0.25, 0.3) is 0 Å². The molecule has 5 nitrogen and oxygen atoms in total. The molecule has 140 valence electrons. The van der Waals surface area contributed by atoms with Crippen LogP contribution in [-0.2, 0) is 24.1 Å². The highest BCUT2D eigenvalue weighted by molar-refractivity contribution is 7.99. The highest BCUT2D eigenvalue weighted by Crippen LogP contribution is 2.18. The zero-order valence-corrected chi connectivity index (χ0v) is 16.4. The summed E-state index contributed by atoms with van der Waals surface area (Å²) in [5, 5.41) is 10.6. The van der Waals surface area contributed by atoms with Crippen LogP contribution in [0.1, 0.15) is 36.4 Å². The van der Waals surface area contributed by atoms with Crippen molar-refractivity contribution in [2.24, 2.45) is 0 Å². The van der Waals surface area contributed by atoms with E-state index in [1.807, 2.05) is 24.3 Å². The zero-order chi connectivity index (χ0) is 19.1. The summed E-state index contributed by atoms with van der Waals surface area (Å²) in [5.74, 6) is 1.34. The van der Waals surface area contributed by atoms with E-state index in [0.717, 1.165) is 23.3 Å². The average Bonchev–Trinajstić information content (AvgIpc) is 3.11. The average molecular weight is 382 g/mol. The third-order valence-electron chi connectivity index (χ3n) is 4.10. The van der Waals surface area contributed by atoms with Crippen molar-refractivity contribution in [3.05, 3.63) is 71.1 Å². The first-order valence-electron chi connectivity index (χ1n) is 9.08. The van der Waals surface area contributed by atoms with Crippen LogP contribution in [0.5, 0.6) is 0 Å². The number of rotatable bonds is 8. The molecule has 3 rings (SSSR count). The van der Waals surface area contributed by atoms with E-state index in [-0.39, 0.29) is 18.3 Å².